The number of halogens is 1. The average Bonchev–Trinajstić information content (AvgIpc) is 2.41. The number of benzene rings is 1. The number of carbonyl (C=O) groups excluding carboxylic acids is 1. The number of hydrogen-bond donors (Lipinski definition) is 2. The molecule has 0 spiro atoms. The number of hydrogen-bond acceptors (Lipinski definition) is 3. The van der Waals surface area contributed by atoms with Gasteiger partial charge >= 0.3 is 0 Å². The van der Waals surface area contributed by atoms with Gasteiger partial charge in [-0.1, -0.05) is 0 Å². The Morgan fingerprint density at radius 3 is 2.50 bits per heavy atom. The standard InChI is InChI=1S/C15H16FN3O/c1-10(2)18-15(20)11-7-14(9-17-8-11)19-13-5-3-12(16)4-6-13/h3-10,19H,1-2H3,(H,18,20). The fourth-order valence-corrected chi connectivity index (χ4v) is 1.68. The first-order valence-electron chi connectivity index (χ1n) is 6.33. The van der Waals surface area contributed by atoms with Crippen molar-refractivity contribution in [3.05, 3.63) is 54.1 Å². The lowest BCUT2D eigenvalue weighted by atomic mass is 10.2. The fourth-order valence-electron chi connectivity index (χ4n) is 1.68. The molecule has 0 aliphatic rings. The third kappa shape index (κ3) is 3.78. The summed E-state index contributed by atoms with van der Waals surface area (Å²) in [6.07, 6.45) is 3.11. The Hall–Kier alpha value is -2.43. The lowest BCUT2D eigenvalue weighted by Gasteiger charge is -2.10. The Balaban J connectivity index is 2.13. The Bertz CT molecular complexity index is 596. The van der Waals surface area contributed by atoms with Gasteiger partial charge in [0.2, 0.25) is 0 Å². The van der Waals surface area contributed by atoms with Crippen LogP contribution in [-0.2, 0) is 0 Å². The second-order valence-corrected chi connectivity index (χ2v) is 4.72. The van der Waals surface area contributed by atoms with Crippen molar-refractivity contribution in [2.45, 2.75) is 19.9 Å². The lowest BCUT2D eigenvalue weighted by molar-refractivity contribution is 0.0943. The largest absolute Gasteiger partial charge is 0.354 e. The predicted octanol–water partition coefficient (Wildman–Crippen LogP) is 3.10. The maximum absolute atomic E-state index is 12.8. The topological polar surface area (TPSA) is 54.0 Å². The van der Waals surface area contributed by atoms with E-state index in [4.69, 9.17) is 0 Å². The summed E-state index contributed by atoms with van der Waals surface area (Å²) in [4.78, 5) is 15.9. The van der Waals surface area contributed by atoms with Crippen molar-refractivity contribution in [1.82, 2.24) is 10.3 Å². The molecule has 1 aromatic carbocycles. The van der Waals surface area contributed by atoms with E-state index in [1.165, 1.54) is 18.3 Å². The van der Waals surface area contributed by atoms with Crippen LogP contribution in [0.15, 0.2) is 42.7 Å². The van der Waals surface area contributed by atoms with E-state index >= 15 is 0 Å². The van der Waals surface area contributed by atoms with E-state index < -0.39 is 0 Å². The number of nitrogens with one attached hydrogen (secondary N) is 2. The van der Waals surface area contributed by atoms with Gasteiger partial charge in [0.05, 0.1) is 17.4 Å². The number of carbonyl (C=O) groups is 1. The highest BCUT2D eigenvalue weighted by atomic mass is 19.1. The van der Waals surface area contributed by atoms with E-state index in [2.05, 4.69) is 15.6 Å². The van der Waals surface area contributed by atoms with Gasteiger partial charge in [-0.2, -0.15) is 0 Å². The minimum Gasteiger partial charge on any atom is -0.354 e. The quantitative estimate of drug-likeness (QED) is 0.900. The van der Waals surface area contributed by atoms with E-state index in [1.54, 1.807) is 24.4 Å². The van der Waals surface area contributed by atoms with Crippen molar-refractivity contribution in [2.75, 3.05) is 5.32 Å². The molecule has 2 N–H and O–H groups in total. The number of anilines is 2. The predicted molar refractivity (Wildman–Crippen MR) is 76.5 cm³/mol. The summed E-state index contributed by atoms with van der Waals surface area (Å²) in [6, 6.07) is 7.74. The van der Waals surface area contributed by atoms with Crippen molar-refractivity contribution in [3.63, 3.8) is 0 Å². The van der Waals surface area contributed by atoms with Crippen LogP contribution in [0, 0.1) is 5.82 Å². The van der Waals surface area contributed by atoms with E-state index in [0.717, 1.165) is 5.69 Å². The molecule has 0 unspecified atom stereocenters. The summed E-state index contributed by atoms with van der Waals surface area (Å²) in [5.41, 5.74) is 1.88. The van der Waals surface area contributed by atoms with Crippen LogP contribution in [-0.4, -0.2) is 16.9 Å². The van der Waals surface area contributed by atoms with E-state index in [1.807, 2.05) is 13.8 Å². The summed E-state index contributed by atoms with van der Waals surface area (Å²) >= 11 is 0. The number of aromatic nitrogens is 1. The van der Waals surface area contributed by atoms with Crippen LogP contribution in [0.3, 0.4) is 0 Å². The molecule has 0 aliphatic carbocycles. The number of pyridine rings is 1. The molecular weight excluding hydrogens is 257 g/mol. The van der Waals surface area contributed by atoms with Crippen molar-refractivity contribution in [2.24, 2.45) is 0 Å². The molecule has 0 aliphatic heterocycles. The van der Waals surface area contributed by atoms with Crippen LogP contribution in [0.2, 0.25) is 0 Å². The van der Waals surface area contributed by atoms with Gasteiger partial charge in [-0.3, -0.25) is 9.78 Å². The summed E-state index contributed by atoms with van der Waals surface area (Å²) in [6.45, 7) is 3.79. The van der Waals surface area contributed by atoms with Crippen LogP contribution in [0.25, 0.3) is 0 Å². The van der Waals surface area contributed by atoms with Crippen molar-refractivity contribution >= 4 is 17.3 Å². The maximum atomic E-state index is 12.8. The Labute approximate surface area is 117 Å². The molecular formula is C15H16FN3O. The van der Waals surface area contributed by atoms with Gasteiger partial charge in [0.1, 0.15) is 5.82 Å². The first-order valence-corrected chi connectivity index (χ1v) is 6.33. The number of amides is 1. The Morgan fingerprint density at radius 1 is 1.15 bits per heavy atom. The summed E-state index contributed by atoms with van der Waals surface area (Å²) < 4.78 is 12.8. The second-order valence-electron chi connectivity index (χ2n) is 4.72. The molecule has 1 amide bonds. The summed E-state index contributed by atoms with van der Waals surface area (Å²) in [5.74, 6) is -0.464. The minimum atomic E-state index is -0.293. The van der Waals surface area contributed by atoms with Crippen LogP contribution < -0.4 is 10.6 Å². The molecule has 0 fully saturated rings. The van der Waals surface area contributed by atoms with Gasteiger partial charge in [0.15, 0.2) is 0 Å². The van der Waals surface area contributed by atoms with E-state index in [-0.39, 0.29) is 17.8 Å². The lowest BCUT2D eigenvalue weighted by Crippen LogP contribution is -2.30. The first kappa shape index (κ1) is 14.0. The van der Waals surface area contributed by atoms with Crippen molar-refractivity contribution in [3.8, 4) is 0 Å². The van der Waals surface area contributed by atoms with Gasteiger partial charge in [0, 0.05) is 17.9 Å². The molecule has 0 bridgehead atoms. The third-order valence-electron chi connectivity index (χ3n) is 2.55. The van der Waals surface area contributed by atoms with Gasteiger partial charge in [-0.25, -0.2) is 4.39 Å². The average molecular weight is 273 g/mol. The highest BCUT2D eigenvalue weighted by molar-refractivity contribution is 5.95. The Morgan fingerprint density at radius 2 is 1.85 bits per heavy atom. The molecule has 20 heavy (non-hydrogen) atoms. The highest BCUT2D eigenvalue weighted by Crippen LogP contribution is 2.17. The molecule has 0 radical (unpaired) electrons. The van der Waals surface area contributed by atoms with Gasteiger partial charge in [-0.05, 0) is 44.2 Å². The zero-order valence-corrected chi connectivity index (χ0v) is 11.4. The zero-order chi connectivity index (χ0) is 14.5. The maximum Gasteiger partial charge on any atom is 0.253 e. The van der Waals surface area contributed by atoms with Crippen LogP contribution in [0.4, 0.5) is 15.8 Å². The molecule has 1 aromatic heterocycles. The number of nitrogens with zero attached hydrogens (tertiary/aromatic N) is 1. The van der Waals surface area contributed by atoms with Gasteiger partial charge < -0.3 is 10.6 Å². The second kappa shape index (κ2) is 6.14. The number of rotatable bonds is 4. The minimum absolute atomic E-state index is 0.0659. The monoisotopic (exact) mass is 273 g/mol. The molecule has 4 nitrogen and oxygen atoms in total. The van der Waals surface area contributed by atoms with Crippen LogP contribution in [0.5, 0.6) is 0 Å². The van der Waals surface area contributed by atoms with Crippen molar-refractivity contribution in [1.29, 1.82) is 0 Å². The van der Waals surface area contributed by atoms with E-state index in [0.29, 0.717) is 11.3 Å². The fraction of sp³-hybridized carbons (Fsp3) is 0.200. The molecule has 0 saturated carbocycles. The molecule has 0 saturated heterocycles. The Kier molecular flexibility index (Phi) is 4.30. The SMILES string of the molecule is CC(C)NC(=O)c1cncc(Nc2ccc(F)cc2)c1. The molecule has 5 heteroatoms. The van der Waals surface area contributed by atoms with Crippen LogP contribution in [0.1, 0.15) is 24.2 Å². The third-order valence-corrected chi connectivity index (χ3v) is 2.55. The van der Waals surface area contributed by atoms with Crippen LogP contribution >= 0.6 is 0 Å². The molecule has 2 rings (SSSR count). The molecule has 1 heterocycles. The zero-order valence-electron chi connectivity index (χ0n) is 11.4. The van der Waals surface area contributed by atoms with Gasteiger partial charge in [0.25, 0.3) is 5.91 Å². The smallest absolute Gasteiger partial charge is 0.253 e. The molecule has 0 atom stereocenters. The highest BCUT2D eigenvalue weighted by Gasteiger charge is 2.08. The summed E-state index contributed by atoms with van der Waals surface area (Å²) in [5, 5.41) is 5.87. The van der Waals surface area contributed by atoms with E-state index in [9.17, 15) is 9.18 Å². The molecule has 2 aromatic rings. The summed E-state index contributed by atoms with van der Waals surface area (Å²) in [7, 11) is 0. The normalized spacial score (nSPS) is 10.4. The van der Waals surface area contributed by atoms with Crippen molar-refractivity contribution < 1.29 is 9.18 Å². The molecule has 104 valence electrons. The van der Waals surface area contributed by atoms with Gasteiger partial charge in [-0.15, -0.1) is 0 Å². The first-order chi connectivity index (χ1) is 9.54.